The van der Waals surface area contributed by atoms with Crippen LogP contribution in [0.3, 0.4) is 0 Å². The van der Waals surface area contributed by atoms with Crippen LogP contribution in [0.1, 0.15) is 6.42 Å². The lowest BCUT2D eigenvalue weighted by atomic mass is 10.1. The monoisotopic (exact) mass is 379 g/mol. The first-order valence-corrected chi connectivity index (χ1v) is 9.14. The minimum Gasteiger partial charge on any atom is -0.493 e. The van der Waals surface area contributed by atoms with Crippen molar-refractivity contribution in [3.8, 4) is 5.75 Å². The molecule has 3 heterocycles. The maximum absolute atomic E-state index is 13.3. The van der Waals surface area contributed by atoms with E-state index < -0.39 is 11.6 Å². The zero-order valence-electron chi connectivity index (χ0n) is 14.2. The normalized spacial score (nSPS) is 23.1. The van der Waals surface area contributed by atoms with Crippen LogP contribution in [0.5, 0.6) is 5.75 Å². The molecule has 4 rings (SSSR count). The highest BCUT2D eigenvalue weighted by molar-refractivity contribution is 6.30. The van der Waals surface area contributed by atoms with Crippen molar-refractivity contribution in [1.29, 1.82) is 0 Å². The molecule has 1 aromatic carbocycles. The van der Waals surface area contributed by atoms with Gasteiger partial charge in [0.05, 0.1) is 11.6 Å². The Kier molecular flexibility index (Phi) is 4.96. The number of nitrogens with zero attached hydrogens (tertiary/aromatic N) is 3. The standard InChI is InChI=1S/C19H20ClF2N3O/c20-14-1-2-19(23-9-14)25-4-3-24-10-13(5-17(24)11-25)12-26-18-7-15(21)6-16(22)8-18/h1-2,6-9,13,17H,3-5,10-12H2/t13-,17?/m0/s1. The summed E-state index contributed by atoms with van der Waals surface area (Å²) in [6.07, 6.45) is 2.68. The molecule has 0 aliphatic carbocycles. The van der Waals surface area contributed by atoms with Gasteiger partial charge in [0.2, 0.25) is 0 Å². The lowest BCUT2D eigenvalue weighted by molar-refractivity contribution is 0.216. The zero-order chi connectivity index (χ0) is 18.1. The van der Waals surface area contributed by atoms with E-state index in [-0.39, 0.29) is 5.75 Å². The van der Waals surface area contributed by atoms with E-state index in [4.69, 9.17) is 16.3 Å². The molecule has 0 N–H and O–H groups in total. The van der Waals surface area contributed by atoms with E-state index in [0.717, 1.165) is 44.5 Å². The van der Waals surface area contributed by atoms with E-state index in [1.165, 1.54) is 12.1 Å². The average Bonchev–Trinajstić information content (AvgIpc) is 3.02. The molecule has 1 aromatic heterocycles. The number of hydrogen-bond acceptors (Lipinski definition) is 4. The fourth-order valence-corrected chi connectivity index (χ4v) is 3.97. The van der Waals surface area contributed by atoms with E-state index in [9.17, 15) is 8.78 Å². The molecule has 0 bridgehead atoms. The maximum atomic E-state index is 13.3. The molecule has 2 fully saturated rings. The van der Waals surface area contributed by atoms with Gasteiger partial charge >= 0.3 is 0 Å². The number of ether oxygens (including phenoxy) is 1. The van der Waals surface area contributed by atoms with Crippen LogP contribution in [-0.4, -0.2) is 48.7 Å². The number of rotatable bonds is 4. The van der Waals surface area contributed by atoms with Gasteiger partial charge in [0.15, 0.2) is 0 Å². The Hall–Kier alpha value is -1.92. The van der Waals surface area contributed by atoms with Crippen molar-refractivity contribution in [2.24, 2.45) is 5.92 Å². The summed E-state index contributed by atoms with van der Waals surface area (Å²) in [6, 6.07) is 7.55. The van der Waals surface area contributed by atoms with Gasteiger partial charge in [-0.1, -0.05) is 11.6 Å². The van der Waals surface area contributed by atoms with E-state index >= 15 is 0 Å². The molecular formula is C19H20ClF2N3O. The van der Waals surface area contributed by atoms with Crippen LogP contribution >= 0.6 is 11.6 Å². The van der Waals surface area contributed by atoms with Crippen molar-refractivity contribution < 1.29 is 13.5 Å². The summed E-state index contributed by atoms with van der Waals surface area (Å²) >= 11 is 5.91. The first kappa shape index (κ1) is 17.5. The van der Waals surface area contributed by atoms with Gasteiger partial charge in [-0.2, -0.15) is 0 Å². The van der Waals surface area contributed by atoms with Gasteiger partial charge in [0.1, 0.15) is 23.2 Å². The largest absolute Gasteiger partial charge is 0.493 e. The van der Waals surface area contributed by atoms with Crippen LogP contribution in [0.4, 0.5) is 14.6 Å². The van der Waals surface area contributed by atoms with Crippen molar-refractivity contribution in [2.75, 3.05) is 37.7 Å². The second-order valence-electron chi connectivity index (χ2n) is 6.95. The van der Waals surface area contributed by atoms with Gasteiger partial charge in [-0.3, -0.25) is 4.90 Å². The Labute approximate surface area is 156 Å². The minimum absolute atomic E-state index is 0.249. The highest BCUT2D eigenvalue weighted by Crippen LogP contribution is 2.29. The van der Waals surface area contributed by atoms with E-state index in [0.29, 0.717) is 23.6 Å². The molecule has 2 saturated heterocycles. The Morgan fingerprint density at radius 2 is 1.92 bits per heavy atom. The number of piperazine rings is 1. The van der Waals surface area contributed by atoms with Crippen molar-refractivity contribution in [3.63, 3.8) is 0 Å². The fourth-order valence-electron chi connectivity index (χ4n) is 3.86. The summed E-state index contributed by atoms with van der Waals surface area (Å²) < 4.78 is 32.1. The fraction of sp³-hybridized carbons (Fsp3) is 0.421. The first-order chi connectivity index (χ1) is 12.6. The van der Waals surface area contributed by atoms with Crippen molar-refractivity contribution in [2.45, 2.75) is 12.5 Å². The van der Waals surface area contributed by atoms with Gasteiger partial charge in [0.25, 0.3) is 0 Å². The third-order valence-corrected chi connectivity index (χ3v) is 5.28. The molecule has 0 saturated carbocycles. The molecule has 4 nitrogen and oxygen atoms in total. The summed E-state index contributed by atoms with van der Waals surface area (Å²) in [7, 11) is 0. The highest BCUT2D eigenvalue weighted by atomic mass is 35.5. The SMILES string of the molecule is Fc1cc(F)cc(OC[C@H]2CC3CN(c4ccc(Cl)cn4)CCN3C2)c1. The minimum atomic E-state index is -0.616. The molecule has 0 radical (unpaired) electrons. The van der Waals surface area contributed by atoms with Gasteiger partial charge < -0.3 is 9.64 Å². The highest BCUT2D eigenvalue weighted by Gasteiger charge is 2.36. The molecule has 2 aromatic rings. The lowest BCUT2D eigenvalue weighted by Crippen LogP contribution is -2.50. The summed E-state index contributed by atoms with van der Waals surface area (Å²) in [5.74, 6) is 0.317. The summed E-state index contributed by atoms with van der Waals surface area (Å²) in [5.41, 5.74) is 0. The van der Waals surface area contributed by atoms with Gasteiger partial charge in [-0.15, -0.1) is 0 Å². The van der Waals surface area contributed by atoms with Crippen LogP contribution in [0, 0.1) is 17.6 Å². The third kappa shape index (κ3) is 3.91. The number of hydrogen-bond donors (Lipinski definition) is 0. The third-order valence-electron chi connectivity index (χ3n) is 5.06. The van der Waals surface area contributed by atoms with Crippen LogP contribution in [0.2, 0.25) is 5.02 Å². The Morgan fingerprint density at radius 1 is 1.12 bits per heavy atom. The molecule has 138 valence electrons. The van der Waals surface area contributed by atoms with Gasteiger partial charge in [-0.25, -0.2) is 13.8 Å². The van der Waals surface area contributed by atoms with Crippen LogP contribution in [0.15, 0.2) is 36.5 Å². The quantitative estimate of drug-likeness (QED) is 0.811. The lowest BCUT2D eigenvalue weighted by Gasteiger charge is -2.38. The van der Waals surface area contributed by atoms with E-state index in [1.54, 1.807) is 6.20 Å². The number of halogens is 3. The van der Waals surface area contributed by atoms with Gasteiger partial charge in [-0.05, 0) is 18.6 Å². The summed E-state index contributed by atoms with van der Waals surface area (Å²) in [6.45, 7) is 4.23. The maximum Gasteiger partial charge on any atom is 0.129 e. The zero-order valence-corrected chi connectivity index (χ0v) is 15.0. The smallest absolute Gasteiger partial charge is 0.129 e. The molecule has 2 aliphatic rings. The molecule has 26 heavy (non-hydrogen) atoms. The Balaban J connectivity index is 1.33. The van der Waals surface area contributed by atoms with E-state index in [1.807, 2.05) is 12.1 Å². The first-order valence-electron chi connectivity index (χ1n) is 8.76. The second-order valence-corrected chi connectivity index (χ2v) is 7.38. The van der Waals surface area contributed by atoms with Gasteiger partial charge in [0, 0.05) is 62.5 Å². The number of fused-ring (bicyclic) bond motifs is 1. The molecule has 2 aliphatic heterocycles. The van der Waals surface area contributed by atoms with Crippen molar-refractivity contribution >= 4 is 17.4 Å². The second kappa shape index (κ2) is 7.37. The predicted molar refractivity (Wildman–Crippen MR) is 96.8 cm³/mol. The van der Waals surface area contributed by atoms with Crippen molar-refractivity contribution in [3.05, 3.63) is 53.2 Å². The molecule has 0 spiro atoms. The molecule has 0 amide bonds. The predicted octanol–water partition coefficient (Wildman–Crippen LogP) is 3.60. The molecule has 1 unspecified atom stereocenters. The van der Waals surface area contributed by atoms with Crippen LogP contribution < -0.4 is 9.64 Å². The molecule has 2 atom stereocenters. The Morgan fingerprint density at radius 3 is 2.65 bits per heavy atom. The number of anilines is 1. The van der Waals surface area contributed by atoms with Crippen LogP contribution in [0.25, 0.3) is 0 Å². The summed E-state index contributed by atoms with van der Waals surface area (Å²) in [5, 5.41) is 0.638. The number of pyridine rings is 1. The summed E-state index contributed by atoms with van der Waals surface area (Å²) in [4.78, 5) is 9.15. The number of aromatic nitrogens is 1. The molecule has 7 heteroatoms. The van der Waals surface area contributed by atoms with Crippen molar-refractivity contribution in [1.82, 2.24) is 9.88 Å². The van der Waals surface area contributed by atoms with E-state index in [2.05, 4.69) is 14.8 Å². The average molecular weight is 380 g/mol. The van der Waals surface area contributed by atoms with Crippen LogP contribution in [-0.2, 0) is 0 Å². The molecular weight excluding hydrogens is 360 g/mol. The Bertz CT molecular complexity index is 754. The number of benzene rings is 1. The topological polar surface area (TPSA) is 28.6 Å².